The number of benzene rings is 1. The van der Waals surface area contributed by atoms with E-state index in [0.29, 0.717) is 0 Å². The fourth-order valence-corrected chi connectivity index (χ4v) is 4.88. The maximum atomic E-state index is 9.59. The molecule has 0 saturated carbocycles. The molecule has 0 bridgehead atoms. The minimum atomic E-state index is 0.00948. The maximum absolute atomic E-state index is 9.59. The van der Waals surface area contributed by atoms with Crippen molar-refractivity contribution in [2.24, 2.45) is 0 Å². The first-order valence-electron chi connectivity index (χ1n) is 9.46. The number of ether oxygens (including phenoxy) is 1. The summed E-state index contributed by atoms with van der Waals surface area (Å²) in [4.78, 5) is 2.44. The highest BCUT2D eigenvalue weighted by Crippen LogP contribution is 2.44. The molecule has 25 heavy (non-hydrogen) atoms. The smallest absolute Gasteiger partial charge is 0.122 e. The van der Waals surface area contributed by atoms with Crippen molar-refractivity contribution in [3.63, 3.8) is 0 Å². The van der Waals surface area contributed by atoms with E-state index in [2.05, 4.69) is 58.9 Å². The van der Waals surface area contributed by atoms with Gasteiger partial charge in [0.15, 0.2) is 0 Å². The highest BCUT2D eigenvalue weighted by atomic mass is 32.1. The molecule has 0 atom stereocenters. The fraction of sp³-hybridized carbons (Fsp3) is 0.545. The lowest BCUT2D eigenvalue weighted by Crippen LogP contribution is -2.25. The summed E-state index contributed by atoms with van der Waals surface area (Å²) < 4.78 is 5.93. The van der Waals surface area contributed by atoms with Crippen LogP contribution in [0.3, 0.4) is 0 Å². The molecule has 2 rings (SSSR count). The van der Waals surface area contributed by atoms with Crippen LogP contribution in [0, 0.1) is 13.8 Å². The first kappa shape index (κ1) is 20.0. The van der Waals surface area contributed by atoms with E-state index in [1.54, 1.807) is 11.3 Å². The lowest BCUT2D eigenvalue weighted by Gasteiger charge is -2.32. The summed E-state index contributed by atoms with van der Waals surface area (Å²) in [6.07, 6.45) is 4.33. The third kappa shape index (κ3) is 4.09. The van der Waals surface area contributed by atoms with Gasteiger partial charge in [-0.25, -0.2) is 0 Å². The zero-order valence-electron chi connectivity index (χ0n) is 16.3. The molecule has 1 N–H and O–H groups in total. The summed E-state index contributed by atoms with van der Waals surface area (Å²) in [5.41, 5.74) is 3.76. The van der Waals surface area contributed by atoms with Gasteiger partial charge in [-0.1, -0.05) is 39.3 Å². The van der Waals surface area contributed by atoms with Gasteiger partial charge in [-0.3, -0.25) is 0 Å². The van der Waals surface area contributed by atoms with E-state index in [4.69, 9.17) is 4.74 Å². The minimum absolute atomic E-state index is 0.00948. The molecule has 0 amide bonds. The summed E-state index contributed by atoms with van der Waals surface area (Å²) in [7, 11) is 0. The van der Waals surface area contributed by atoms with Gasteiger partial charge in [0.25, 0.3) is 0 Å². The number of rotatable bonds is 9. The van der Waals surface area contributed by atoms with Gasteiger partial charge in [0.05, 0.1) is 13.2 Å². The molecule has 2 nitrogen and oxygen atoms in total. The van der Waals surface area contributed by atoms with Gasteiger partial charge in [0.1, 0.15) is 5.75 Å². The second kappa shape index (κ2) is 8.86. The van der Waals surface area contributed by atoms with Crippen LogP contribution in [0.4, 0.5) is 0 Å². The molecule has 3 heteroatoms. The average molecular weight is 361 g/mol. The van der Waals surface area contributed by atoms with Crippen molar-refractivity contribution in [1.29, 1.82) is 0 Å². The van der Waals surface area contributed by atoms with Gasteiger partial charge < -0.3 is 9.84 Å². The molecule has 0 radical (unpaired) electrons. The summed E-state index contributed by atoms with van der Waals surface area (Å²) in [6, 6.07) is 8.93. The van der Waals surface area contributed by atoms with Crippen molar-refractivity contribution in [2.75, 3.05) is 6.61 Å². The Balaban J connectivity index is 2.40. The lowest BCUT2D eigenvalue weighted by molar-refractivity contribution is 0.285. The summed E-state index contributed by atoms with van der Waals surface area (Å²) >= 11 is 1.76. The molecule has 138 valence electrons. The van der Waals surface area contributed by atoms with Gasteiger partial charge in [-0.05, 0) is 61.9 Å². The molecule has 0 aliphatic rings. The minimum Gasteiger partial charge on any atom is -0.493 e. The lowest BCUT2D eigenvalue weighted by atomic mass is 9.74. The Morgan fingerprint density at radius 3 is 2.28 bits per heavy atom. The molecule has 1 aromatic heterocycles. The second-order valence-electron chi connectivity index (χ2n) is 6.85. The third-order valence-corrected chi connectivity index (χ3v) is 6.75. The Labute approximate surface area is 156 Å². The number of unbranched alkanes of at least 4 members (excludes halogenated alkanes) is 1. The molecular weight excluding hydrogens is 328 g/mol. The van der Waals surface area contributed by atoms with Crippen LogP contribution in [-0.4, -0.2) is 11.7 Å². The largest absolute Gasteiger partial charge is 0.493 e. The number of hydrogen-bond acceptors (Lipinski definition) is 3. The highest BCUT2D eigenvalue weighted by molar-refractivity contribution is 7.12. The van der Waals surface area contributed by atoms with E-state index in [1.807, 2.05) is 0 Å². The van der Waals surface area contributed by atoms with Gasteiger partial charge in [-0.2, -0.15) is 0 Å². The van der Waals surface area contributed by atoms with Crippen LogP contribution in [0.1, 0.15) is 72.9 Å². The Morgan fingerprint density at radius 1 is 1.04 bits per heavy atom. The molecule has 1 aromatic carbocycles. The fourth-order valence-electron chi connectivity index (χ4n) is 3.50. The van der Waals surface area contributed by atoms with Crippen LogP contribution in [-0.2, 0) is 12.0 Å². The maximum Gasteiger partial charge on any atom is 0.122 e. The number of aryl methyl sites for hydroxylation is 2. The van der Waals surface area contributed by atoms with Crippen molar-refractivity contribution in [3.05, 3.63) is 50.7 Å². The number of aliphatic hydroxyl groups is 1. The van der Waals surface area contributed by atoms with Crippen molar-refractivity contribution in [2.45, 2.75) is 72.3 Å². The quantitative estimate of drug-likeness (QED) is 0.544. The molecule has 1 heterocycles. The van der Waals surface area contributed by atoms with Crippen LogP contribution >= 0.6 is 11.3 Å². The van der Waals surface area contributed by atoms with Crippen LogP contribution in [0.15, 0.2) is 24.3 Å². The van der Waals surface area contributed by atoms with Crippen molar-refractivity contribution < 1.29 is 9.84 Å². The molecule has 0 saturated heterocycles. The van der Waals surface area contributed by atoms with E-state index < -0.39 is 0 Å². The van der Waals surface area contributed by atoms with E-state index in [9.17, 15) is 5.11 Å². The molecule has 0 aliphatic carbocycles. The van der Waals surface area contributed by atoms with Gasteiger partial charge in [0.2, 0.25) is 0 Å². The molecule has 2 aromatic rings. The summed E-state index contributed by atoms with van der Waals surface area (Å²) in [6.45, 7) is 11.9. The highest BCUT2D eigenvalue weighted by Gasteiger charge is 2.33. The molecule has 0 fully saturated rings. The monoisotopic (exact) mass is 360 g/mol. The van der Waals surface area contributed by atoms with Crippen molar-refractivity contribution in [1.82, 2.24) is 0 Å². The van der Waals surface area contributed by atoms with Crippen LogP contribution < -0.4 is 4.74 Å². The number of aliphatic hydroxyl groups excluding tert-OH is 1. The summed E-state index contributed by atoms with van der Waals surface area (Å²) in [5.74, 6) is 0.997. The van der Waals surface area contributed by atoms with Crippen molar-refractivity contribution >= 4 is 11.3 Å². The normalized spacial score (nSPS) is 11.8. The number of thiophene rings is 1. The van der Waals surface area contributed by atoms with Crippen molar-refractivity contribution in [3.8, 4) is 5.75 Å². The van der Waals surface area contributed by atoms with Gasteiger partial charge >= 0.3 is 0 Å². The Kier molecular flexibility index (Phi) is 7.09. The Morgan fingerprint density at radius 2 is 1.76 bits per heavy atom. The van der Waals surface area contributed by atoms with E-state index >= 15 is 0 Å². The van der Waals surface area contributed by atoms with Crippen LogP contribution in [0.5, 0.6) is 5.75 Å². The standard InChI is InChI=1S/C22H32O2S/c1-6-9-12-24-19-11-10-18(13-16(19)4)22(7-2,8-3)21-14-17(5)20(15-23)25-21/h10-11,13-14,23H,6-9,12,15H2,1-5H3. The summed E-state index contributed by atoms with van der Waals surface area (Å²) in [5, 5.41) is 9.59. The van der Waals surface area contributed by atoms with Crippen LogP contribution in [0.2, 0.25) is 0 Å². The first-order valence-corrected chi connectivity index (χ1v) is 10.3. The number of hydrogen-bond donors (Lipinski definition) is 1. The molecule has 0 aliphatic heterocycles. The predicted molar refractivity (Wildman–Crippen MR) is 108 cm³/mol. The second-order valence-corrected chi connectivity index (χ2v) is 7.98. The van der Waals surface area contributed by atoms with Gasteiger partial charge in [-0.15, -0.1) is 11.3 Å². The van der Waals surface area contributed by atoms with E-state index in [-0.39, 0.29) is 12.0 Å². The van der Waals surface area contributed by atoms with E-state index in [1.165, 1.54) is 21.6 Å². The SMILES string of the molecule is CCCCOc1ccc(C(CC)(CC)c2cc(C)c(CO)s2)cc1C. The molecular formula is C22H32O2S. The zero-order chi connectivity index (χ0) is 18.4. The first-order chi connectivity index (χ1) is 12.0. The topological polar surface area (TPSA) is 29.5 Å². The Bertz CT molecular complexity index is 683. The van der Waals surface area contributed by atoms with Crippen LogP contribution in [0.25, 0.3) is 0 Å². The molecule has 0 spiro atoms. The zero-order valence-corrected chi connectivity index (χ0v) is 17.1. The third-order valence-electron chi connectivity index (χ3n) is 5.33. The predicted octanol–water partition coefficient (Wildman–Crippen LogP) is 6.14. The van der Waals surface area contributed by atoms with E-state index in [0.717, 1.165) is 42.9 Å². The Hall–Kier alpha value is -1.32. The molecule has 0 unspecified atom stereocenters. The van der Waals surface area contributed by atoms with Gasteiger partial charge in [0, 0.05) is 15.2 Å². The average Bonchev–Trinajstić information content (AvgIpc) is 2.99.